The van der Waals surface area contributed by atoms with E-state index in [4.69, 9.17) is 14.2 Å². The molecule has 38 heavy (non-hydrogen) atoms. The number of benzene rings is 2. The minimum atomic E-state index is -1.23. The predicted octanol–water partition coefficient (Wildman–Crippen LogP) is 1.95. The van der Waals surface area contributed by atoms with Gasteiger partial charge in [-0.2, -0.15) is 0 Å². The lowest BCUT2D eigenvalue weighted by Gasteiger charge is -2.28. The molecule has 0 unspecified atom stereocenters. The van der Waals surface area contributed by atoms with Gasteiger partial charge < -0.3 is 33.9 Å². The molecule has 1 aliphatic rings. The summed E-state index contributed by atoms with van der Waals surface area (Å²) in [6.07, 6.45) is 0.420. The lowest BCUT2D eigenvalue weighted by molar-refractivity contribution is -0.870. The third-order valence-electron chi connectivity index (χ3n) is 6.65. The number of hydrogen-bond acceptors (Lipinski definition) is 8. The van der Waals surface area contributed by atoms with Crippen LogP contribution in [0.1, 0.15) is 22.6 Å². The van der Waals surface area contributed by atoms with Crippen LogP contribution in [0.3, 0.4) is 0 Å². The van der Waals surface area contributed by atoms with Crippen LogP contribution in [0.2, 0.25) is 0 Å². The van der Waals surface area contributed by atoms with Crippen LogP contribution in [0, 0.1) is 5.41 Å². The Labute approximate surface area is 226 Å². The topological polar surface area (TPSA) is 110 Å². The Morgan fingerprint density at radius 3 is 2.42 bits per heavy atom. The van der Waals surface area contributed by atoms with Crippen molar-refractivity contribution in [3.05, 3.63) is 52.5 Å². The Bertz CT molecular complexity index is 1270. The van der Waals surface area contributed by atoms with Crippen LogP contribution in [0.4, 0.5) is 0 Å². The van der Waals surface area contributed by atoms with E-state index in [1.54, 1.807) is 7.11 Å². The fraction of sp³-hybridized carbons (Fsp3) is 0.464. The molecule has 0 bridgehead atoms. The number of methoxy groups -OCH3 is 1. The normalized spacial score (nSPS) is 14.3. The van der Waals surface area contributed by atoms with Gasteiger partial charge in [0.15, 0.2) is 11.5 Å². The van der Waals surface area contributed by atoms with Crippen molar-refractivity contribution in [1.29, 1.82) is 0 Å². The van der Waals surface area contributed by atoms with Crippen LogP contribution < -0.4 is 19.9 Å². The molecule has 0 saturated heterocycles. The fourth-order valence-electron chi connectivity index (χ4n) is 4.66. The van der Waals surface area contributed by atoms with E-state index in [0.29, 0.717) is 49.2 Å². The van der Waals surface area contributed by atoms with Crippen molar-refractivity contribution < 1.29 is 33.4 Å². The number of nitrogens with one attached hydrogen (secondary N) is 1. The van der Waals surface area contributed by atoms with Gasteiger partial charge in [0.2, 0.25) is 5.91 Å². The SMILES string of the molecule is COc1cc2sc(CNC(=O)C3(CC(=O)[O-])Cc4ccccc4C3)nc2cc1OCCOCC[N+](C)(C)C. The molecular weight excluding hydrogens is 506 g/mol. The smallest absolute Gasteiger partial charge is 0.227 e. The number of likely N-dealkylation sites (N-methyl/N-ethyl adjacent to an activating group) is 1. The molecule has 3 aromatic rings. The van der Waals surface area contributed by atoms with Crippen LogP contribution in [-0.4, -0.2) is 76.0 Å². The fourth-order valence-corrected chi connectivity index (χ4v) is 5.58. The Kier molecular flexibility index (Phi) is 8.54. The molecule has 0 spiro atoms. The summed E-state index contributed by atoms with van der Waals surface area (Å²) in [4.78, 5) is 29.5. The molecule has 10 heteroatoms. The molecule has 0 fully saturated rings. The van der Waals surface area contributed by atoms with E-state index in [-0.39, 0.29) is 18.9 Å². The molecular formula is C28H35N3O6S. The van der Waals surface area contributed by atoms with Gasteiger partial charge >= 0.3 is 0 Å². The van der Waals surface area contributed by atoms with E-state index >= 15 is 0 Å². The van der Waals surface area contributed by atoms with Crippen LogP contribution in [0.15, 0.2) is 36.4 Å². The van der Waals surface area contributed by atoms with Gasteiger partial charge in [-0.25, -0.2) is 4.98 Å². The molecule has 1 amide bonds. The zero-order chi connectivity index (χ0) is 27.3. The Morgan fingerprint density at radius 2 is 1.79 bits per heavy atom. The number of carbonyl (C=O) groups is 2. The number of nitrogens with zero attached hydrogens (tertiary/aromatic N) is 2. The van der Waals surface area contributed by atoms with Gasteiger partial charge in [0.25, 0.3) is 0 Å². The molecule has 1 aromatic heterocycles. The maximum absolute atomic E-state index is 13.3. The average Bonchev–Trinajstić information content (AvgIpc) is 3.43. The van der Waals surface area contributed by atoms with Crippen molar-refractivity contribution in [3.63, 3.8) is 0 Å². The number of aliphatic carboxylic acids is 1. The quantitative estimate of drug-likeness (QED) is 0.260. The summed E-state index contributed by atoms with van der Waals surface area (Å²) in [5, 5.41) is 15.2. The summed E-state index contributed by atoms with van der Waals surface area (Å²) in [7, 11) is 7.94. The number of carbonyl (C=O) groups excluding carboxylic acids is 2. The van der Waals surface area contributed by atoms with Crippen molar-refractivity contribution in [3.8, 4) is 11.5 Å². The lowest BCUT2D eigenvalue weighted by atomic mass is 9.80. The highest BCUT2D eigenvalue weighted by atomic mass is 32.1. The van der Waals surface area contributed by atoms with Gasteiger partial charge in [0.05, 0.1) is 63.6 Å². The van der Waals surface area contributed by atoms with E-state index < -0.39 is 11.4 Å². The summed E-state index contributed by atoms with van der Waals surface area (Å²) >= 11 is 1.44. The number of aromatic nitrogens is 1. The van der Waals surface area contributed by atoms with Crippen molar-refractivity contribution >= 4 is 33.4 Å². The summed E-state index contributed by atoms with van der Waals surface area (Å²) in [6, 6.07) is 11.4. The first kappa shape index (κ1) is 27.8. The van der Waals surface area contributed by atoms with Gasteiger partial charge in [-0.1, -0.05) is 24.3 Å². The largest absolute Gasteiger partial charge is 0.550 e. The van der Waals surface area contributed by atoms with Crippen LogP contribution >= 0.6 is 11.3 Å². The number of thiazole rings is 1. The first-order valence-electron chi connectivity index (χ1n) is 12.6. The number of fused-ring (bicyclic) bond motifs is 2. The Balaban J connectivity index is 1.39. The third kappa shape index (κ3) is 6.80. The Morgan fingerprint density at radius 1 is 1.08 bits per heavy atom. The molecule has 2 aromatic carbocycles. The molecule has 0 radical (unpaired) electrons. The summed E-state index contributed by atoms with van der Waals surface area (Å²) < 4.78 is 18.8. The van der Waals surface area contributed by atoms with Crippen molar-refractivity contribution in [2.45, 2.75) is 25.8 Å². The maximum Gasteiger partial charge on any atom is 0.227 e. The maximum atomic E-state index is 13.3. The number of amides is 1. The van der Waals surface area contributed by atoms with Gasteiger partial charge in [-0.3, -0.25) is 4.79 Å². The number of hydrogen-bond donors (Lipinski definition) is 1. The highest BCUT2D eigenvalue weighted by molar-refractivity contribution is 7.18. The summed E-state index contributed by atoms with van der Waals surface area (Å²) in [6.45, 7) is 2.61. The number of carboxylic acid groups (broad SMARTS) is 1. The highest BCUT2D eigenvalue weighted by Crippen LogP contribution is 2.40. The second-order valence-corrected chi connectivity index (χ2v) is 11.8. The van der Waals surface area contributed by atoms with Crippen molar-refractivity contribution in [2.24, 2.45) is 5.41 Å². The molecule has 204 valence electrons. The Hall–Kier alpha value is -3.21. The standard InChI is InChI=1S/C28H35N3O6S/c1-31(2,3)9-10-36-11-12-37-23-13-21-24(14-22(23)35-4)38-25(30-21)18-29-27(34)28(17-26(32)33)15-19-7-5-6-8-20(19)16-28/h5-8,13-14H,9-12,15-18H2,1-4H3,(H-,29,32,33,34). The molecule has 4 rings (SSSR count). The summed E-state index contributed by atoms with van der Waals surface area (Å²) in [5.74, 6) is -0.359. The molecule has 1 N–H and O–H groups in total. The highest BCUT2D eigenvalue weighted by Gasteiger charge is 2.43. The lowest BCUT2D eigenvalue weighted by Crippen LogP contribution is -2.45. The zero-order valence-electron chi connectivity index (χ0n) is 22.4. The van der Waals surface area contributed by atoms with Gasteiger partial charge in [0, 0.05) is 24.5 Å². The minimum absolute atomic E-state index is 0.196. The van der Waals surface area contributed by atoms with E-state index in [1.165, 1.54) is 11.3 Å². The molecule has 0 atom stereocenters. The third-order valence-corrected chi connectivity index (χ3v) is 7.67. The van der Waals surface area contributed by atoms with E-state index in [0.717, 1.165) is 32.4 Å². The van der Waals surface area contributed by atoms with E-state index in [2.05, 4.69) is 31.4 Å². The van der Waals surface area contributed by atoms with Gasteiger partial charge in [-0.15, -0.1) is 11.3 Å². The molecule has 9 nitrogen and oxygen atoms in total. The van der Waals surface area contributed by atoms with Gasteiger partial charge in [-0.05, 0) is 24.0 Å². The number of carboxylic acids is 1. The first-order chi connectivity index (χ1) is 18.1. The monoisotopic (exact) mass is 541 g/mol. The second kappa shape index (κ2) is 11.7. The van der Waals surface area contributed by atoms with Crippen LogP contribution in [-0.2, 0) is 33.7 Å². The van der Waals surface area contributed by atoms with Crippen molar-refractivity contribution in [1.82, 2.24) is 10.3 Å². The van der Waals surface area contributed by atoms with Crippen LogP contribution in [0.25, 0.3) is 10.2 Å². The van der Waals surface area contributed by atoms with E-state index in [1.807, 2.05) is 36.4 Å². The number of rotatable bonds is 13. The second-order valence-electron chi connectivity index (χ2n) is 10.7. The molecule has 0 saturated carbocycles. The average molecular weight is 542 g/mol. The first-order valence-corrected chi connectivity index (χ1v) is 13.4. The summed E-state index contributed by atoms with van der Waals surface area (Å²) in [5.41, 5.74) is 1.68. The zero-order valence-corrected chi connectivity index (χ0v) is 23.2. The molecule has 1 heterocycles. The predicted molar refractivity (Wildman–Crippen MR) is 143 cm³/mol. The minimum Gasteiger partial charge on any atom is -0.550 e. The van der Waals surface area contributed by atoms with Crippen molar-refractivity contribution in [2.75, 3.05) is 54.6 Å². The van der Waals surface area contributed by atoms with Crippen LogP contribution in [0.5, 0.6) is 11.5 Å². The number of ether oxygens (including phenoxy) is 3. The number of quaternary nitrogens is 1. The molecule has 1 aliphatic carbocycles. The van der Waals surface area contributed by atoms with Gasteiger partial charge in [0.1, 0.15) is 18.2 Å². The molecule has 0 aliphatic heterocycles. The van der Waals surface area contributed by atoms with E-state index in [9.17, 15) is 14.7 Å².